The van der Waals surface area contributed by atoms with Crippen LogP contribution in [0.5, 0.6) is 0 Å². The van der Waals surface area contributed by atoms with Crippen molar-refractivity contribution in [3.63, 3.8) is 0 Å². The molecule has 7 atom stereocenters. The van der Waals surface area contributed by atoms with Crippen molar-refractivity contribution in [2.75, 3.05) is 0 Å². The van der Waals surface area contributed by atoms with Crippen LogP contribution in [0.3, 0.4) is 0 Å². The first kappa shape index (κ1) is 16.3. The van der Waals surface area contributed by atoms with Gasteiger partial charge in [0.1, 0.15) is 0 Å². The molecule has 130 valence electrons. The van der Waals surface area contributed by atoms with Crippen LogP contribution in [-0.4, -0.2) is 16.5 Å². The Morgan fingerprint density at radius 1 is 1.21 bits per heavy atom. The van der Waals surface area contributed by atoms with Crippen molar-refractivity contribution in [1.29, 1.82) is 0 Å². The molecule has 0 aromatic heterocycles. The van der Waals surface area contributed by atoms with Crippen LogP contribution >= 0.6 is 0 Å². The fraction of sp³-hybridized carbons (Fsp3) is 0.682. The monoisotopic (exact) mass is 326 g/mol. The minimum atomic E-state index is -0.690. The Morgan fingerprint density at radius 3 is 2.71 bits per heavy atom. The van der Waals surface area contributed by atoms with Gasteiger partial charge in [0.05, 0.1) is 5.60 Å². The Labute approximate surface area is 145 Å². The van der Waals surface area contributed by atoms with Crippen molar-refractivity contribution >= 4 is 5.78 Å². The van der Waals surface area contributed by atoms with E-state index >= 15 is 0 Å². The second-order valence-corrected chi connectivity index (χ2v) is 8.90. The molecule has 3 fully saturated rings. The Balaban J connectivity index is 1.65. The third kappa shape index (κ3) is 2.02. The summed E-state index contributed by atoms with van der Waals surface area (Å²) in [5.41, 5.74) is 0.699. The molecule has 4 aliphatic rings. The van der Waals surface area contributed by atoms with Crippen LogP contribution < -0.4 is 0 Å². The van der Waals surface area contributed by atoms with E-state index in [0.717, 1.165) is 32.1 Å². The molecule has 4 aliphatic carbocycles. The molecule has 0 heterocycles. The molecule has 0 radical (unpaired) electrons. The lowest BCUT2D eigenvalue weighted by molar-refractivity contribution is -0.119. The smallest absolute Gasteiger partial charge is 0.162 e. The second kappa shape index (κ2) is 5.42. The number of ketones is 1. The SMILES string of the molecule is C=CC1C[C@H]2C(=CC1=O)CC[C@@H]1[C@@H]2CC[C@@]2(C)[C@H]1CC[C@]2(O)C=C. The number of carbonyl (C=O) groups is 1. The van der Waals surface area contributed by atoms with Crippen molar-refractivity contribution < 1.29 is 9.90 Å². The van der Waals surface area contributed by atoms with Crippen LogP contribution in [0.2, 0.25) is 0 Å². The summed E-state index contributed by atoms with van der Waals surface area (Å²) in [6, 6.07) is 0. The van der Waals surface area contributed by atoms with Gasteiger partial charge in [0.25, 0.3) is 0 Å². The third-order valence-electron chi connectivity index (χ3n) is 8.29. The molecule has 3 saturated carbocycles. The molecule has 0 aliphatic heterocycles. The molecule has 0 amide bonds. The molecular weight excluding hydrogens is 296 g/mol. The van der Waals surface area contributed by atoms with Crippen molar-refractivity contribution in [1.82, 2.24) is 0 Å². The van der Waals surface area contributed by atoms with E-state index in [2.05, 4.69) is 20.1 Å². The maximum Gasteiger partial charge on any atom is 0.162 e. The number of aliphatic hydroxyl groups is 1. The molecule has 0 aromatic rings. The first-order chi connectivity index (χ1) is 11.4. The highest BCUT2D eigenvalue weighted by atomic mass is 16.3. The van der Waals surface area contributed by atoms with Crippen LogP contribution in [0, 0.1) is 35.0 Å². The van der Waals surface area contributed by atoms with Crippen molar-refractivity contribution in [3.05, 3.63) is 37.0 Å². The molecule has 0 spiro atoms. The van der Waals surface area contributed by atoms with Gasteiger partial charge in [-0.15, -0.1) is 13.2 Å². The van der Waals surface area contributed by atoms with Gasteiger partial charge in [0.2, 0.25) is 0 Å². The average Bonchev–Trinajstić information content (AvgIpc) is 2.86. The molecular formula is C22H30O2. The number of rotatable bonds is 2. The Morgan fingerprint density at radius 2 is 2.00 bits per heavy atom. The molecule has 0 aromatic carbocycles. The lowest BCUT2D eigenvalue weighted by Gasteiger charge is -2.55. The van der Waals surface area contributed by atoms with E-state index in [4.69, 9.17) is 0 Å². The Bertz CT molecular complexity index is 617. The molecule has 4 rings (SSSR count). The summed E-state index contributed by atoms with van der Waals surface area (Å²) in [7, 11) is 0. The number of hydrogen-bond donors (Lipinski definition) is 1. The fourth-order valence-corrected chi connectivity index (χ4v) is 6.81. The van der Waals surface area contributed by atoms with E-state index in [1.165, 1.54) is 18.4 Å². The van der Waals surface area contributed by atoms with Gasteiger partial charge in [-0.05, 0) is 74.7 Å². The third-order valence-corrected chi connectivity index (χ3v) is 8.29. The minimum Gasteiger partial charge on any atom is -0.385 e. The van der Waals surface area contributed by atoms with E-state index in [0.29, 0.717) is 23.7 Å². The highest BCUT2D eigenvalue weighted by molar-refractivity contribution is 5.94. The molecule has 2 nitrogen and oxygen atoms in total. The van der Waals surface area contributed by atoms with Crippen molar-refractivity contribution in [2.45, 2.75) is 57.5 Å². The van der Waals surface area contributed by atoms with E-state index in [1.807, 2.05) is 18.2 Å². The minimum absolute atomic E-state index is 0.0134. The second-order valence-electron chi connectivity index (χ2n) is 8.90. The number of carbonyl (C=O) groups excluding carboxylic acids is 1. The first-order valence-electron chi connectivity index (χ1n) is 9.66. The molecule has 24 heavy (non-hydrogen) atoms. The van der Waals surface area contributed by atoms with Gasteiger partial charge < -0.3 is 5.11 Å². The maximum absolute atomic E-state index is 12.2. The summed E-state index contributed by atoms with van der Waals surface area (Å²) >= 11 is 0. The number of fused-ring (bicyclic) bond motifs is 5. The van der Waals surface area contributed by atoms with Gasteiger partial charge >= 0.3 is 0 Å². The Hall–Kier alpha value is -1.15. The van der Waals surface area contributed by atoms with Crippen molar-refractivity contribution in [2.24, 2.45) is 35.0 Å². The zero-order valence-corrected chi connectivity index (χ0v) is 14.8. The lowest BCUT2D eigenvalue weighted by Crippen LogP contribution is -2.52. The van der Waals surface area contributed by atoms with Crippen LogP contribution in [0.15, 0.2) is 37.0 Å². The Kier molecular flexibility index (Phi) is 3.69. The van der Waals surface area contributed by atoms with E-state index in [-0.39, 0.29) is 17.1 Å². The molecule has 0 saturated heterocycles. The summed E-state index contributed by atoms with van der Waals surface area (Å²) in [6.45, 7) is 10.1. The zero-order chi connectivity index (χ0) is 17.1. The highest BCUT2D eigenvalue weighted by Crippen LogP contribution is 2.65. The highest BCUT2D eigenvalue weighted by Gasteiger charge is 2.61. The van der Waals surface area contributed by atoms with Crippen LogP contribution in [0.4, 0.5) is 0 Å². The van der Waals surface area contributed by atoms with Crippen LogP contribution in [0.25, 0.3) is 0 Å². The molecule has 2 heteroatoms. The normalized spacial score (nSPS) is 50.3. The largest absolute Gasteiger partial charge is 0.385 e. The fourth-order valence-electron chi connectivity index (χ4n) is 6.81. The maximum atomic E-state index is 12.2. The first-order valence-corrected chi connectivity index (χ1v) is 9.66. The zero-order valence-electron chi connectivity index (χ0n) is 14.8. The van der Waals surface area contributed by atoms with Crippen molar-refractivity contribution in [3.8, 4) is 0 Å². The molecule has 1 N–H and O–H groups in total. The molecule has 0 bridgehead atoms. The van der Waals surface area contributed by atoms with Gasteiger partial charge in [-0.3, -0.25) is 4.79 Å². The molecule has 1 unspecified atom stereocenters. The summed E-state index contributed by atoms with van der Waals surface area (Å²) in [5.74, 6) is 2.81. The van der Waals surface area contributed by atoms with E-state index < -0.39 is 5.60 Å². The summed E-state index contributed by atoms with van der Waals surface area (Å²) < 4.78 is 0. The van der Waals surface area contributed by atoms with E-state index in [9.17, 15) is 9.90 Å². The van der Waals surface area contributed by atoms with Gasteiger partial charge in [0, 0.05) is 11.3 Å². The van der Waals surface area contributed by atoms with Gasteiger partial charge in [-0.1, -0.05) is 24.6 Å². The predicted molar refractivity (Wildman–Crippen MR) is 96.3 cm³/mol. The predicted octanol–water partition coefficient (Wildman–Crippen LogP) is 4.46. The van der Waals surface area contributed by atoms with Gasteiger partial charge in [-0.2, -0.15) is 0 Å². The van der Waals surface area contributed by atoms with Crippen LogP contribution in [-0.2, 0) is 4.79 Å². The lowest BCUT2D eigenvalue weighted by atomic mass is 9.50. The number of allylic oxidation sites excluding steroid dienone is 2. The van der Waals surface area contributed by atoms with E-state index in [1.54, 1.807) is 0 Å². The standard InChI is InChI=1S/C22H30O2/c1-4-14-12-18-15(13-20(14)23)6-7-17-16(18)8-10-21(3)19(17)9-11-22(21,24)5-2/h4-5,13-14,16-19,24H,1-2,6-12H2,3H3/t14?,16-,17+,18-,19-,21-,22+/m0/s1. The summed E-state index contributed by atoms with van der Waals surface area (Å²) in [6.07, 6.45) is 13.1. The summed E-state index contributed by atoms with van der Waals surface area (Å²) in [4.78, 5) is 12.2. The number of hydrogen-bond acceptors (Lipinski definition) is 2. The summed E-state index contributed by atoms with van der Waals surface area (Å²) in [5, 5.41) is 11.1. The average molecular weight is 326 g/mol. The topological polar surface area (TPSA) is 37.3 Å². The van der Waals surface area contributed by atoms with Crippen LogP contribution in [0.1, 0.15) is 51.9 Å². The van der Waals surface area contributed by atoms with Gasteiger partial charge in [0.15, 0.2) is 5.78 Å². The quantitative estimate of drug-likeness (QED) is 0.761. The van der Waals surface area contributed by atoms with Gasteiger partial charge in [-0.25, -0.2) is 0 Å².